The number of rotatable bonds is 6. The number of nitrogens with zero attached hydrogens (tertiary/aromatic N) is 3. The third kappa shape index (κ3) is 4.62. The lowest BCUT2D eigenvalue weighted by Gasteiger charge is -2.23. The summed E-state index contributed by atoms with van der Waals surface area (Å²) < 4.78 is 39.6. The maximum Gasteiger partial charge on any atom is 0.243 e. The molecule has 0 fully saturated rings. The van der Waals surface area contributed by atoms with E-state index in [1.165, 1.54) is 24.1 Å². The number of sulfonamides is 1. The van der Waals surface area contributed by atoms with Crippen LogP contribution in [0.4, 0.5) is 10.2 Å². The molecular formula is C16H17BrFN3O3S. The van der Waals surface area contributed by atoms with E-state index in [0.717, 1.165) is 20.9 Å². The van der Waals surface area contributed by atoms with Crippen molar-refractivity contribution in [3.63, 3.8) is 0 Å². The Hall–Kier alpha value is -1.84. The highest BCUT2D eigenvalue weighted by molar-refractivity contribution is 9.10. The average Bonchev–Trinajstić information content (AvgIpc) is 2.57. The van der Waals surface area contributed by atoms with Gasteiger partial charge in [-0.05, 0) is 59.3 Å². The summed E-state index contributed by atoms with van der Waals surface area (Å²) >= 11 is 3.27. The Bertz CT molecular complexity index is 842. The third-order valence-corrected chi connectivity index (χ3v) is 5.77. The number of likely N-dealkylation sites (N-methyl/N-ethyl adjacent to an activating group) is 2. The van der Waals surface area contributed by atoms with E-state index in [1.54, 1.807) is 25.3 Å². The SMILES string of the molecule is CCN(C(=O)CN(C)S(=O)(=O)c1ccc(F)cc1)c1ccc(Br)cn1. The fourth-order valence-electron chi connectivity index (χ4n) is 2.14. The van der Waals surface area contributed by atoms with Gasteiger partial charge in [0.2, 0.25) is 15.9 Å². The van der Waals surface area contributed by atoms with Crippen molar-refractivity contribution in [1.29, 1.82) is 0 Å². The van der Waals surface area contributed by atoms with E-state index >= 15 is 0 Å². The minimum absolute atomic E-state index is 0.0750. The van der Waals surface area contributed by atoms with Gasteiger partial charge in [-0.3, -0.25) is 9.69 Å². The minimum atomic E-state index is -3.89. The largest absolute Gasteiger partial charge is 0.296 e. The summed E-state index contributed by atoms with van der Waals surface area (Å²) in [5.41, 5.74) is 0. The van der Waals surface area contributed by atoms with E-state index in [1.807, 2.05) is 0 Å². The predicted octanol–water partition coefficient (Wildman–Crippen LogP) is 2.66. The van der Waals surface area contributed by atoms with Gasteiger partial charge in [-0.25, -0.2) is 17.8 Å². The molecule has 0 saturated carbocycles. The van der Waals surface area contributed by atoms with Crippen molar-refractivity contribution in [2.75, 3.05) is 25.0 Å². The van der Waals surface area contributed by atoms with Gasteiger partial charge in [0.25, 0.3) is 0 Å². The molecule has 2 rings (SSSR count). The molecule has 0 unspecified atom stereocenters. The number of amides is 1. The normalized spacial score (nSPS) is 11.6. The van der Waals surface area contributed by atoms with Gasteiger partial charge in [-0.2, -0.15) is 4.31 Å². The van der Waals surface area contributed by atoms with Gasteiger partial charge in [-0.1, -0.05) is 0 Å². The Kier molecular flexibility index (Phi) is 6.26. The molecule has 0 spiro atoms. The van der Waals surface area contributed by atoms with Crippen LogP contribution in [0.1, 0.15) is 6.92 Å². The van der Waals surface area contributed by atoms with Crippen molar-refractivity contribution in [1.82, 2.24) is 9.29 Å². The second-order valence-electron chi connectivity index (χ2n) is 5.19. The summed E-state index contributed by atoms with van der Waals surface area (Å²) in [6, 6.07) is 7.87. The highest BCUT2D eigenvalue weighted by atomic mass is 79.9. The molecule has 25 heavy (non-hydrogen) atoms. The van der Waals surface area contributed by atoms with Gasteiger partial charge in [0.15, 0.2) is 0 Å². The zero-order chi connectivity index (χ0) is 18.6. The van der Waals surface area contributed by atoms with Crippen LogP contribution in [0.5, 0.6) is 0 Å². The molecule has 6 nitrogen and oxygen atoms in total. The van der Waals surface area contributed by atoms with E-state index in [4.69, 9.17) is 0 Å². The zero-order valence-electron chi connectivity index (χ0n) is 13.7. The molecule has 2 aromatic rings. The summed E-state index contributed by atoms with van der Waals surface area (Å²) in [7, 11) is -2.59. The van der Waals surface area contributed by atoms with Crippen LogP contribution in [0.15, 0.2) is 52.0 Å². The van der Waals surface area contributed by atoms with Crippen molar-refractivity contribution >= 4 is 37.7 Å². The Morgan fingerprint density at radius 2 is 1.84 bits per heavy atom. The molecular weight excluding hydrogens is 413 g/mol. The molecule has 1 aromatic carbocycles. The van der Waals surface area contributed by atoms with Crippen molar-refractivity contribution in [3.8, 4) is 0 Å². The number of benzene rings is 1. The van der Waals surface area contributed by atoms with Gasteiger partial charge in [0.05, 0.1) is 11.4 Å². The van der Waals surface area contributed by atoms with E-state index < -0.39 is 21.7 Å². The van der Waals surface area contributed by atoms with E-state index in [0.29, 0.717) is 12.4 Å². The molecule has 0 N–H and O–H groups in total. The van der Waals surface area contributed by atoms with E-state index in [-0.39, 0.29) is 11.4 Å². The number of carbonyl (C=O) groups is 1. The molecule has 0 aliphatic carbocycles. The second-order valence-corrected chi connectivity index (χ2v) is 8.15. The van der Waals surface area contributed by atoms with Crippen molar-refractivity contribution in [2.45, 2.75) is 11.8 Å². The van der Waals surface area contributed by atoms with Crippen LogP contribution in [0.3, 0.4) is 0 Å². The van der Waals surface area contributed by atoms with Crippen LogP contribution in [0.25, 0.3) is 0 Å². The average molecular weight is 430 g/mol. The fraction of sp³-hybridized carbons (Fsp3) is 0.250. The first kappa shape index (κ1) is 19.5. The number of halogens is 2. The second kappa shape index (κ2) is 8.03. The Morgan fingerprint density at radius 3 is 2.36 bits per heavy atom. The summed E-state index contributed by atoms with van der Waals surface area (Å²) in [5.74, 6) is -0.509. The number of aromatic nitrogens is 1. The molecule has 0 bridgehead atoms. The van der Waals surface area contributed by atoms with Crippen molar-refractivity contribution < 1.29 is 17.6 Å². The topological polar surface area (TPSA) is 70.6 Å². The van der Waals surface area contributed by atoms with Crippen LogP contribution in [-0.4, -0.2) is 43.8 Å². The van der Waals surface area contributed by atoms with Crippen molar-refractivity contribution in [2.24, 2.45) is 0 Å². The van der Waals surface area contributed by atoms with Crippen LogP contribution in [0.2, 0.25) is 0 Å². The molecule has 0 aliphatic heterocycles. The summed E-state index contributed by atoms with van der Waals surface area (Å²) in [4.78, 5) is 18.0. The van der Waals surface area contributed by atoms with E-state index in [2.05, 4.69) is 20.9 Å². The van der Waals surface area contributed by atoms with Gasteiger partial charge in [-0.15, -0.1) is 0 Å². The summed E-state index contributed by atoms with van der Waals surface area (Å²) in [6.45, 7) is 1.76. The first-order valence-electron chi connectivity index (χ1n) is 7.39. The molecule has 1 heterocycles. The Labute approximate surface area is 154 Å². The first-order chi connectivity index (χ1) is 11.8. The van der Waals surface area contributed by atoms with Gasteiger partial charge in [0.1, 0.15) is 11.6 Å². The van der Waals surface area contributed by atoms with Crippen LogP contribution in [0, 0.1) is 5.82 Å². The van der Waals surface area contributed by atoms with Gasteiger partial charge in [0, 0.05) is 24.3 Å². The highest BCUT2D eigenvalue weighted by Crippen LogP contribution is 2.17. The highest BCUT2D eigenvalue weighted by Gasteiger charge is 2.25. The fourth-order valence-corrected chi connectivity index (χ4v) is 3.50. The zero-order valence-corrected chi connectivity index (χ0v) is 16.1. The smallest absolute Gasteiger partial charge is 0.243 e. The molecule has 0 saturated heterocycles. The summed E-state index contributed by atoms with van der Waals surface area (Å²) in [6.07, 6.45) is 1.56. The first-order valence-corrected chi connectivity index (χ1v) is 9.63. The molecule has 1 aromatic heterocycles. The number of hydrogen-bond donors (Lipinski definition) is 0. The lowest BCUT2D eigenvalue weighted by atomic mass is 10.4. The molecule has 9 heteroatoms. The number of pyridine rings is 1. The van der Waals surface area contributed by atoms with Crippen molar-refractivity contribution in [3.05, 3.63) is 52.9 Å². The minimum Gasteiger partial charge on any atom is -0.296 e. The van der Waals surface area contributed by atoms with Crippen LogP contribution >= 0.6 is 15.9 Å². The predicted molar refractivity (Wildman–Crippen MR) is 96.2 cm³/mol. The lowest BCUT2D eigenvalue weighted by molar-refractivity contribution is -0.118. The monoisotopic (exact) mass is 429 g/mol. The maximum atomic E-state index is 13.0. The standard InChI is InChI=1S/C16H17BrFN3O3S/c1-3-21(15-9-4-12(17)10-19-15)16(22)11-20(2)25(23,24)14-7-5-13(18)6-8-14/h4-10H,3,11H2,1-2H3. The van der Waals surface area contributed by atoms with Crippen LogP contribution in [-0.2, 0) is 14.8 Å². The molecule has 0 atom stereocenters. The number of carbonyl (C=O) groups excluding carboxylic acids is 1. The van der Waals surface area contributed by atoms with Crippen LogP contribution < -0.4 is 4.90 Å². The molecule has 134 valence electrons. The Morgan fingerprint density at radius 1 is 1.20 bits per heavy atom. The third-order valence-electron chi connectivity index (χ3n) is 3.49. The molecule has 1 amide bonds. The molecule has 0 aliphatic rings. The van der Waals surface area contributed by atoms with Gasteiger partial charge >= 0.3 is 0 Å². The Balaban J connectivity index is 2.17. The quantitative estimate of drug-likeness (QED) is 0.707. The maximum absolute atomic E-state index is 13.0. The molecule has 0 radical (unpaired) electrons. The number of hydrogen-bond acceptors (Lipinski definition) is 4. The summed E-state index contributed by atoms with van der Waals surface area (Å²) in [5, 5.41) is 0. The van der Waals surface area contributed by atoms with Gasteiger partial charge < -0.3 is 0 Å². The number of anilines is 1. The lowest BCUT2D eigenvalue weighted by Crippen LogP contribution is -2.41. The van der Waals surface area contributed by atoms with E-state index in [9.17, 15) is 17.6 Å².